The molecule has 2 heterocycles. The maximum Gasteiger partial charge on any atom is 0.160 e. The Morgan fingerprint density at radius 3 is 1.74 bits per heavy atom. The first-order chi connectivity index (χ1) is 24.6. The number of fused-ring (bicyclic) bond motifs is 10. The highest BCUT2D eigenvalue weighted by atomic mass is 15.0. The van der Waals surface area contributed by atoms with Crippen molar-refractivity contribution < 1.29 is 0 Å². The van der Waals surface area contributed by atoms with E-state index < -0.39 is 0 Å². The lowest BCUT2D eigenvalue weighted by molar-refractivity contribution is 0.664. The van der Waals surface area contributed by atoms with E-state index in [2.05, 4.69) is 170 Å². The Hall–Kier alpha value is -6.32. The van der Waals surface area contributed by atoms with Crippen molar-refractivity contribution in [3.05, 3.63) is 175 Å². The number of rotatable bonds is 4. The van der Waals surface area contributed by atoms with Crippen LogP contribution in [-0.4, -0.2) is 14.5 Å². The van der Waals surface area contributed by atoms with Crippen molar-refractivity contribution in [1.29, 1.82) is 0 Å². The largest absolute Gasteiger partial charge is 0.309 e. The fourth-order valence-electron chi connectivity index (χ4n) is 8.31. The van der Waals surface area contributed by atoms with Gasteiger partial charge in [-0.15, -0.1) is 0 Å². The van der Waals surface area contributed by atoms with Gasteiger partial charge in [0.25, 0.3) is 0 Å². The van der Waals surface area contributed by atoms with Crippen molar-refractivity contribution in [3.8, 4) is 50.7 Å². The van der Waals surface area contributed by atoms with E-state index in [0.29, 0.717) is 5.82 Å². The topological polar surface area (TPSA) is 30.7 Å². The van der Waals surface area contributed by atoms with Gasteiger partial charge in [0.1, 0.15) is 0 Å². The number of nitrogens with zero attached hydrogens (tertiary/aromatic N) is 3. The Bertz CT molecular complexity index is 2700. The first-order valence-corrected chi connectivity index (χ1v) is 17.3. The Labute approximate surface area is 291 Å². The van der Waals surface area contributed by atoms with Gasteiger partial charge < -0.3 is 4.57 Å². The summed E-state index contributed by atoms with van der Waals surface area (Å²) in [6.07, 6.45) is 0. The fourth-order valence-corrected chi connectivity index (χ4v) is 8.31. The number of aromatic nitrogens is 3. The number of benzene rings is 7. The Kier molecular flexibility index (Phi) is 6.22. The molecule has 3 nitrogen and oxygen atoms in total. The van der Waals surface area contributed by atoms with Crippen LogP contribution in [-0.2, 0) is 5.41 Å². The molecule has 0 unspecified atom stereocenters. The molecule has 0 aliphatic heterocycles. The maximum atomic E-state index is 5.10. The van der Waals surface area contributed by atoms with Gasteiger partial charge in [0, 0.05) is 38.6 Å². The summed E-state index contributed by atoms with van der Waals surface area (Å²) in [4.78, 5) is 10.2. The van der Waals surface area contributed by atoms with E-state index in [1.807, 2.05) is 12.1 Å². The molecular weight excluding hydrogens is 607 g/mol. The van der Waals surface area contributed by atoms with Crippen LogP contribution in [0.3, 0.4) is 0 Å². The maximum absolute atomic E-state index is 5.10. The molecule has 0 saturated carbocycles. The molecule has 0 atom stereocenters. The van der Waals surface area contributed by atoms with Crippen LogP contribution in [0.15, 0.2) is 164 Å². The zero-order chi connectivity index (χ0) is 33.4. The van der Waals surface area contributed by atoms with Gasteiger partial charge >= 0.3 is 0 Å². The predicted octanol–water partition coefficient (Wildman–Crippen LogP) is 12.0. The molecule has 0 bridgehead atoms. The second-order valence-electron chi connectivity index (χ2n) is 13.8. The minimum Gasteiger partial charge on any atom is -0.309 e. The smallest absolute Gasteiger partial charge is 0.160 e. The Balaban J connectivity index is 1.22. The van der Waals surface area contributed by atoms with Gasteiger partial charge in [-0.2, -0.15) is 0 Å². The molecule has 50 heavy (non-hydrogen) atoms. The average Bonchev–Trinajstić information content (AvgIpc) is 3.65. The van der Waals surface area contributed by atoms with Crippen LogP contribution in [0.4, 0.5) is 0 Å². The molecule has 1 aliphatic rings. The second-order valence-corrected chi connectivity index (χ2v) is 13.8. The molecular formula is C47H33N3. The van der Waals surface area contributed by atoms with Gasteiger partial charge in [-0.05, 0) is 69.4 Å². The van der Waals surface area contributed by atoms with E-state index in [4.69, 9.17) is 9.97 Å². The van der Waals surface area contributed by atoms with Gasteiger partial charge in [-0.1, -0.05) is 141 Å². The zero-order valence-corrected chi connectivity index (χ0v) is 27.9. The van der Waals surface area contributed by atoms with Crippen LogP contribution >= 0.6 is 0 Å². The highest BCUT2D eigenvalue weighted by Crippen LogP contribution is 2.56. The molecule has 3 heteroatoms. The quantitative estimate of drug-likeness (QED) is 0.192. The monoisotopic (exact) mass is 639 g/mol. The number of hydrogen-bond donors (Lipinski definition) is 0. The molecule has 0 N–H and O–H groups in total. The SMILES string of the molecule is CC1(C)c2ccccc2-c2c1c1c(c3ccccc23)c2ccccc2n1-c1ccc(-c2nc(-c3ccccc3)cc(-c3ccccc3)n2)cc1. The minimum absolute atomic E-state index is 0.181. The van der Waals surface area contributed by atoms with E-state index in [1.54, 1.807) is 0 Å². The molecule has 0 spiro atoms. The van der Waals surface area contributed by atoms with Gasteiger partial charge in [0.2, 0.25) is 0 Å². The van der Waals surface area contributed by atoms with Crippen molar-refractivity contribution in [2.45, 2.75) is 19.3 Å². The molecule has 0 fully saturated rings. The van der Waals surface area contributed by atoms with E-state index in [1.165, 1.54) is 54.8 Å². The van der Waals surface area contributed by atoms with Crippen molar-refractivity contribution in [3.63, 3.8) is 0 Å². The third-order valence-electron chi connectivity index (χ3n) is 10.6. The van der Waals surface area contributed by atoms with Gasteiger partial charge in [0.15, 0.2) is 5.82 Å². The summed E-state index contributed by atoms with van der Waals surface area (Å²) in [5.41, 5.74) is 13.8. The summed E-state index contributed by atoms with van der Waals surface area (Å²) < 4.78 is 2.49. The predicted molar refractivity (Wildman–Crippen MR) is 208 cm³/mol. The highest BCUT2D eigenvalue weighted by molar-refractivity contribution is 6.26. The van der Waals surface area contributed by atoms with Crippen molar-refractivity contribution in [1.82, 2.24) is 14.5 Å². The van der Waals surface area contributed by atoms with Crippen LogP contribution < -0.4 is 0 Å². The van der Waals surface area contributed by atoms with Crippen molar-refractivity contribution >= 4 is 32.6 Å². The molecule has 2 aromatic heterocycles. The number of para-hydroxylation sites is 1. The summed E-state index contributed by atoms with van der Waals surface area (Å²) in [5.74, 6) is 0.711. The van der Waals surface area contributed by atoms with Crippen LogP contribution in [0, 0.1) is 0 Å². The van der Waals surface area contributed by atoms with E-state index in [-0.39, 0.29) is 5.41 Å². The summed E-state index contributed by atoms with van der Waals surface area (Å²) in [5, 5.41) is 5.19. The Morgan fingerprint density at radius 1 is 0.500 bits per heavy atom. The standard InChI is InChI=1S/C47H33N3/c1-47(2)38-23-13-11-21-36(38)42-34-19-9-10-20-35(34)43-37-22-12-14-24-41(37)50(45(43)44(42)47)33-27-25-32(26-28-33)46-48-39(30-15-5-3-6-16-30)29-40(49-46)31-17-7-4-8-18-31/h3-29H,1-2H3. The molecule has 7 aromatic carbocycles. The molecule has 10 rings (SSSR count). The van der Waals surface area contributed by atoms with Gasteiger partial charge in [-0.25, -0.2) is 9.97 Å². The summed E-state index contributed by atoms with van der Waals surface area (Å²) in [7, 11) is 0. The summed E-state index contributed by atoms with van der Waals surface area (Å²) in [6.45, 7) is 4.77. The van der Waals surface area contributed by atoms with Crippen LogP contribution in [0.25, 0.3) is 83.3 Å². The van der Waals surface area contributed by atoms with Crippen molar-refractivity contribution in [2.24, 2.45) is 0 Å². The number of hydrogen-bond acceptors (Lipinski definition) is 2. The average molecular weight is 640 g/mol. The van der Waals surface area contributed by atoms with Crippen LogP contribution in [0.1, 0.15) is 25.0 Å². The van der Waals surface area contributed by atoms with E-state index in [9.17, 15) is 0 Å². The second kappa shape index (κ2) is 10.8. The molecule has 1 aliphatic carbocycles. The highest BCUT2D eigenvalue weighted by Gasteiger charge is 2.40. The van der Waals surface area contributed by atoms with Crippen LogP contribution in [0.2, 0.25) is 0 Å². The first-order valence-electron chi connectivity index (χ1n) is 17.3. The first kappa shape index (κ1) is 28.7. The lowest BCUT2D eigenvalue weighted by atomic mass is 9.80. The zero-order valence-electron chi connectivity index (χ0n) is 27.9. The van der Waals surface area contributed by atoms with Crippen molar-refractivity contribution in [2.75, 3.05) is 0 Å². The minimum atomic E-state index is -0.181. The molecule has 0 radical (unpaired) electrons. The summed E-state index contributed by atoms with van der Waals surface area (Å²) in [6, 6.07) is 58.4. The van der Waals surface area contributed by atoms with Gasteiger partial charge in [0.05, 0.1) is 22.4 Å². The lowest BCUT2D eigenvalue weighted by Crippen LogP contribution is -2.16. The fraction of sp³-hybridized carbons (Fsp3) is 0.0638. The van der Waals surface area contributed by atoms with E-state index >= 15 is 0 Å². The molecule has 0 saturated heterocycles. The van der Waals surface area contributed by atoms with E-state index in [0.717, 1.165) is 33.8 Å². The molecule has 236 valence electrons. The van der Waals surface area contributed by atoms with Crippen LogP contribution in [0.5, 0.6) is 0 Å². The lowest BCUT2D eigenvalue weighted by Gasteiger charge is -2.24. The Morgan fingerprint density at radius 2 is 1.06 bits per heavy atom. The molecule has 9 aromatic rings. The third-order valence-corrected chi connectivity index (χ3v) is 10.6. The third kappa shape index (κ3) is 4.17. The van der Waals surface area contributed by atoms with Gasteiger partial charge in [-0.3, -0.25) is 0 Å². The normalized spacial score (nSPS) is 13.2. The molecule has 0 amide bonds. The summed E-state index contributed by atoms with van der Waals surface area (Å²) >= 11 is 0.